The Morgan fingerprint density at radius 3 is 1.88 bits per heavy atom. The van der Waals surface area contributed by atoms with E-state index in [0.29, 0.717) is 6.42 Å². The summed E-state index contributed by atoms with van der Waals surface area (Å²) in [5.74, 6) is 0. The van der Waals surface area contributed by atoms with Crippen LogP contribution in [0.1, 0.15) is 34.1 Å². The van der Waals surface area contributed by atoms with E-state index >= 15 is 0 Å². The Morgan fingerprint density at radius 2 is 1.62 bits per heavy atom. The molecule has 2 nitrogen and oxygen atoms in total. The van der Waals surface area contributed by atoms with E-state index in [0.717, 1.165) is 0 Å². The number of hydrogen-bond donors (Lipinski definition) is 1. The molecule has 98 valence electrons. The van der Waals surface area contributed by atoms with Gasteiger partial charge in [-0.3, -0.25) is 4.90 Å². The van der Waals surface area contributed by atoms with Gasteiger partial charge in [0.2, 0.25) is 0 Å². The molecular weight excluding hydrogens is 217 g/mol. The number of alkyl halides is 3. The monoisotopic (exact) mass is 240 g/mol. The summed E-state index contributed by atoms with van der Waals surface area (Å²) >= 11 is 0. The first kappa shape index (κ1) is 15.7. The SMILES string of the molecule is CCC(N)C(N(C)CC(F)(F)F)C(C)(C)C. The quantitative estimate of drug-likeness (QED) is 0.818. The summed E-state index contributed by atoms with van der Waals surface area (Å²) in [6.07, 6.45) is -3.50. The van der Waals surface area contributed by atoms with Crippen molar-refractivity contribution >= 4 is 0 Å². The van der Waals surface area contributed by atoms with Crippen molar-refractivity contribution in [2.24, 2.45) is 11.1 Å². The van der Waals surface area contributed by atoms with Crippen LogP contribution in [0, 0.1) is 5.41 Å². The lowest BCUT2D eigenvalue weighted by molar-refractivity contribution is -0.152. The third kappa shape index (κ3) is 5.16. The van der Waals surface area contributed by atoms with E-state index in [4.69, 9.17) is 5.73 Å². The summed E-state index contributed by atoms with van der Waals surface area (Å²) in [4.78, 5) is 1.31. The second-order valence-electron chi connectivity index (χ2n) is 5.41. The minimum Gasteiger partial charge on any atom is -0.326 e. The molecule has 0 bridgehead atoms. The van der Waals surface area contributed by atoms with Gasteiger partial charge in [0.05, 0.1) is 6.54 Å². The molecule has 0 amide bonds. The van der Waals surface area contributed by atoms with Crippen LogP contribution in [-0.4, -0.2) is 36.8 Å². The molecule has 0 aromatic carbocycles. The highest BCUT2D eigenvalue weighted by Crippen LogP contribution is 2.29. The van der Waals surface area contributed by atoms with Crippen molar-refractivity contribution in [3.05, 3.63) is 0 Å². The van der Waals surface area contributed by atoms with Gasteiger partial charge >= 0.3 is 6.18 Å². The lowest BCUT2D eigenvalue weighted by atomic mass is 9.80. The number of rotatable bonds is 4. The zero-order chi connectivity index (χ0) is 13.1. The molecule has 16 heavy (non-hydrogen) atoms. The zero-order valence-electron chi connectivity index (χ0n) is 10.7. The van der Waals surface area contributed by atoms with Gasteiger partial charge in [-0.05, 0) is 18.9 Å². The minimum absolute atomic E-state index is 0.243. The summed E-state index contributed by atoms with van der Waals surface area (Å²) in [5, 5.41) is 0. The topological polar surface area (TPSA) is 29.3 Å². The molecule has 2 atom stereocenters. The van der Waals surface area contributed by atoms with Crippen molar-refractivity contribution in [3.63, 3.8) is 0 Å². The van der Waals surface area contributed by atoms with Gasteiger partial charge in [0, 0.05) is 12.1 Å². The molecule has 0 aliphatic rings. The van der Waals surface area contributed by atoms with Crippen molar-refractivity contribution < 1.29 is 13.2 Å². The maximum absolute atomic E-state index is 12.3. The lowest BCUT2D eigenvalue weighted by Gasteiger charge is -2.41. The molecule has 0 spiro atoms. The number of likely N-dealkylation sites (N-methyl/N-ethyl adjacent to an activating group) is 1. The molecule has 0 saturated heterocycles. The number of nitrogens with two attached hydrogens (primary N) is 1. The van der Waals surface area contributed by atoms with E-state index in [9.17, 15) is 13.2 Å². The first-order valence-electron chi connectivity index (χ1n) is 5.51. The van der Waals surface area contributed by atoms with Crippen LogP contribution in [0.3, 0.4) is 0 Å². The predicted octanol–water partition coefficient (Wildman–Crippen LogP) is 2.63. The van der Waals surface area contributed by atoms with Crippen molar-refractivity contribution in [1.29, 1.82) is 0 Å². The molecule has 0 rings (SSSR count). The molecule has 0 radical (unpaired) electrons. The van der Waals surface area contributed by atoms with E-state index in [-0.39, 0.29) is 17.5 Å². The van der Waals surface area contributed by atoms with Crippen molar-refractivity contribution in [3.8, 4) is 0 Å². The third-order valence-corrected chi connectivity index (χ3v) is 2.67. The third-order valence-electron chi connectivity index (χ3n) is 2.67. The molecule has 2 N–H and O–H groups in total. The van der Waals surface area contributed by atoms with Crippen LogP contribution in [0.25, 0.3) is 0 Å². The fraction of sp³-hybridized carbons (Fsp3) is 1.00. The molecule has 0 aromatic rings. The van der Waals surface area contributed by atoms with Crippen LogP contribution in [0.2, 0.25) is 0 Å². The lowest BCUT2D eigenvalue weighted by Crippen LogP contribution is -2.55. The first-order chi connectivity index (χ1) is 6.99. The van der Waals surface area contributed by atoms with E-state index in [1.165, 1.54) is 11.9 Å². The van der Waals surface area contributed by atoms with Crippen molar-refractivity contribution in [1.82, 2.24) is 4.90 Å². The van der Waals surface area contributed by atoms with Crippen LogP contribution in [-0.2, 0) is 0 Å². The summed E-state index contributed by atoms with van der Waals surface area (Å²) < 4.78 is 37.0. The Morgan fingerprint density at radius 1 is 1.19 bits per heavy atom. The van der Waals surface area contributed by atoms with Gasteiger partial charge in [0.15, 0.2) is 0 Å². The fourth-order valence-corrected chi connectivity index (χ4v) is 2.23. The van der Waals surface area contributed by atoms with E-state index in [1.807, 2.05) is 27.7 Å². The maximum atomic E-state index is 12.3. The highest BCUT2D eigenvalue weighted by Gasteiger charge is 2.38. The Bertz CT molecular complexity index is 208. The summed E-state index contributed by atoms with van der Waals surface area (Å²) in [7, 11) is 1.49. The van der Waals surface area contributed by atoms with Crippen LogP contribution < -0.4 is 5.73 Å². The Labute approximate surface area is 96.0 Å². The van der Waals surface area contributed by atoms with Crippen molar-refractivity contribution in [2.75, 3.05) is 13.6 Å². The Balaban J connectivity index is 4.78. The average Bonchev–Trinajstić information content (AvgIpc) is 1.97. The second kappa shape index (κ2) is 5.36. The van der Waals surface area contributed by atoms with Gasteiger partial charge in [-0.2, -0.15) is 13.2 Å². The molecule has 0 aliphatic carbocycles. The normalized spacial score (nSPS) is 17.6. The summed E-state index contributed by atoms with van der Waals surface area (Å²) in [6.45, 7) is 6.73. The zero-order valence-corrected chi connectivity index (χ0v) is 10.7. The molecule has 5 heteroatoms. The van der Waals surface area contributed by atoms with Crippen molar-refractivity contribution in [2.45, 2.75) is 52.4 Å². The first-order valence-corrected chi connectivity index (χ1v) is 5.51. The van der Waals surface area contributed by atoms with E-state index in [1.54, 1.807) is 0 Å². The van der Waals surface area contributed by atoms with Gasteiger partial charge in [-0.1, -0.05) is 27.7 Å². The Kier molecular flexibility index (Phi) is 5.26. The van der Waals surface area contributed by atoms with Crippen LogP contribution in [0.4, 0.5) is 13.2 Å². The predicted molar refractivity (Wildman–Crippen MR) is 60.2 cm³/mol. The summed E-state index contributed by atoms with van der Waals surface area (Å²) in [6, 6.07) is -0.522. The Hall–Kier alpha value is -0.290. The van der Waals surface area contributed by atoms with Crippen LogP contribution in [0.15, 0.2) is 0 Å². The minimum atomic E-state index is -4.17. The van der Waals surface area contributed by atoms with Gasteiger partial charge < -0.3 is 5.73 Å². The fourth-order valence-electron chi connectivity index (χ4n) is 2.23. The molecule has 2 unspecified atom stereocenters. The van der Waals surface area contributed by atoms with Gasteiger partial charge in [0.25, 0.3) is 0 Å². The van der Waals surface area contributed by atoms with E-state index in [2.05, 4.69) is 0 Å². The molecule has 0 heterocycles. The number of hydrogen-bond acceptors (Lipinski definition) is 2. The highest BCUT2D eigenvalue weighted by molar-refractivity contribution is 4.90. The highest BCUT2D eigenvalue weighted by atomic mass is 19.4. The molecule has 0 saturated carbocycles. The second-order valence-corrected chi connectivity index (χ2v) is 5.41. The smallest absolute Gasteiger partial charge is 0.326 e. The molecule has 0 aromatic heterocycles. The summed E-state index contributed by atoms with van der Waals surface area (Å²) in [5.41, 5.74) is 5.65. The van der Waals surface area contributed by atoms with E-state index < -0.39 is 12.7 Å². The van der Waals surface area contributed by atoms with Gasteiger partial charge in [-0.15, -0.1) is 0 Å². The van der Waals surface area contributed by atoms with Gasteiger partial charge in [0.1, 0.15) is 0 Å². The maximum Gasteiger partial charge on any atom is 0.401 e. The molecular formula is C11H23F3N2. The molecule has 0 fully saturated rings. The van der Waals surface area contributed by atoms with Crippen LogP contribution >= 0.6 is 0 Å². The van der Waals surface area contributed by atoms with Gasteiger partial charge in [-0.25, -0.2) is 0 Å². The molecule has 0 aliphatic heterocycles. The average molecular weight is 240 g/mol. The number of nitrogens with zero attached hydrogens (tertiary/aromatic N) is 1. The largest absolute Gasteiger partial charge is 0.401 e. The van der Waals surface area contributed by atoms with Crippen LogP contribution in [0.5, 0.6) is 0 Å². The standard InChI is InChI=1S/C11H23F3N2/c1-6-8(15)9(10(2,3)4)16(5)7-11(12,13)14/h8-9H,6-7,15H2,1-5H3. The number of halogens is 3.